The van der Waals surface area contributed by atoms with Crippen molar-refractivity contribution in [2.24, 2.45) is 10.1 Å². The summed E-state index contributed by atoms with van der Waals surface area (Å²) in [4.78, 5) is 35.6. The SMILES string of the molecule is O=C(NC1=NC2CCCC(=O)C2S1)/C(=N/O[C@@H]1CCOC1)c1ccc(S(=O)(=O)C2CC2)cc1. The second-order valence-electron chi connectivity index (χ2n) is 8.65. The Morgan fingerprint density at radius 1 is 1.18 bits per heavy atom. The highest BCUT2D eigenvalue weighted by molar-refractivity contribution is 8.15. The lowest BCUT2D eigenvalue weighted by Gasteiger charge is -2.20. The molecule has 2 heterocycles. The zero-order valence-corrected chi connectivity index (χ0v) is 19.6. The van der Waals surface area contributed by atoms with E-state index in [1.807, 2.05) is 0 Å². The number of rotatable bonds is 6. The van der Waals surface area contributed by atoms with E-state index in [0.717, 1.165) is 12.8 Å². The van der Waals surface area contributed by atoms with Gasteiger partial charge in [-0.1, -0.05) is 29.1 Å². The van der Waals surface area contributed by atoms with Gasteiger partial charge in [0, 0.05) is 18.4 Å². The number of ether oxygens (including phenoxy) is 1. The number of carbonyl (C=O) groups excluding carboxylic acids is 2. The highest BCUT2D eigenvalue weighted by atomic mass is 32.2. The molecule has 2 unspecified atom stereocenters. The Morgan fingerprint density at radius 2 is 1.97 bits per heavy atom. The van der Waals surface area contributed by atoms with Crippen LogP contribution >= 0.6 is 11.8 Å². The van der Waals surface area contributed by atoms with Gasteiger partial charge < -0.3 is 9.57 Å². The van der Waals surface area contributed by atoms with Crippen LogP contribution < -0.4 is 5.32 Å². The molecule has 1 saturated heterocycles. The molecule has 0 bridgehead atoms. The molecule has 0 radical (unpaired) electrons. The van der Waals surface area contributed by atoms with Crippen LogP contribution in [0.3, 0.4) is 0 Å². The van der Waals surface area contributed by atoms with Crippen molar-refractivity contribution in [3.63, 3.8) is 0 Å². The molecule has 33 heavy (non-hydrogen) atoms. The lowest BCUT2D eigenvalue weighted by Crippen LogP contribution is -2.35. The largest absolute Gasteiger partial charge is 0.389 e. The number of oxime groups is 1. The minimum absolute atomic E-state index is 0.0155. The van der Waals surface area contributed by atoms with Gasteiger partial charge >= 0.3 is 0 Å². The fourth-order valence-electron chi connectivity index (χ4n) is 4.11. The minimum Gasteiger partial charge on any atom is -0.389 e. The third kappa shape index (κ3) is 4.85. The summed E-state index contributed by atoms with van der Waals surface area (Å²) in [5, 5.41) is 6.72. The van der Waals surface area contributed by atoms with Crippen molar-refractivity contribution in [2.45, 2.75) is 66.1 Å². The van der Waals surface area contributed by atoms with Crippen LogP contribution in [-0.4, -0.2) is 66.8 Å². The standard InChI is InChI=1S/C22H25N3O6S2/c26-18-3-1-2-17-20(18)32-22(23-17)24-21(27)19(25-31-14-10-11-30-12-14)13-4-6-15(7-5-13)33(28,29)16-8-9-16/h4-7,14,16-17,20H,1-3,8-12H2,(H,23,24,27)/b25-19+/t14-,17?,20?/m1/s1. The van der Waals surface area contributed by atoms with E-state index in [1.165, 1.54) is 23.9 Å². The molecule has 2 aliphatic heterocycles. The molecule has 1 amide bonds. The van der Waals surface area contributed by atoms with Gasteiger partial charge in [0.15, 0.2) is 26.8 Å². The first-order chi connectivity index (χ1) is 15.9. The Kier molecular flexibility index (Phi) is 6.28. The van der Waals surface area contributed by atoms with Crippen LogP contribution in [0.4, 0.5) is 0 Å². The van der Waals surface area contributed by atoms with Crippen molar-refractivity contribution < 1.29 is 27.6 Å². The van der Waals surface area contributed by atoms with Crippen LogP contribution in [0.1, 0.15) is 44.1 Å². The van der Waals surface area contributed by atoms with E-state index < -0.39 is 15.7 Å². The molecule has 4 aliphatic rings. The van der Waals surface area contributed by atoms with Crippen LogP contribution in [-0.2, 0) is 29.0 Å². The number of sulfone groups is 1. The summed E-state index contributed by atoms with van der Waals surface area (Å²) in [6.45, 7) is 0.963. The van der Waals surface area contributed by atoms with Crippen molar-refractivity contribution in [2.75, 3.05) is 13.2 Å². The number of amides is 1. The van der Waals surface area contributed by atoms with E-state index in [1.54, 1.807) is 12.1 Å². The Hall–Kier alpha value is -2.24. The summed E-state index contributed by atoms with van der Waals surface area (Å²) in [5.41, 5.74) is 0.444. The van der Waals surface area contributed by atoms with Gasteiger partial charge in [-0.3, -0.25) is 19.9 Å². The number of Topliss-reactive ketones (excluding diaryl/α,β-unsaturated/α-hetero) is 1. The maximum Gasteiger partial charge on any atom is 0.279 e. The Morgan fingerprint density at radius 3 is 2.64 bits per heavy atom. The van der Waals surface area contributed by atoms with Crippen molar-refractivity contribution in [1.29, 1.82) is 0 Å². The number of ketones is 1. The third-order valence-electron chi connectivity index (χ3n) is 6.15. The summed E-state index contributed by atoms with van der Waals surface area (Å²) >= 11 is 1.28. The molecule has 1 aromatic rings. The first-order valence-electron chi connectivity index (χ1n) is 11.2. The number of benzene rings is 1. The van der Waals surface area contributed by atoms with Crippen molar-refractivity contribution in [3.8, 4) is 0 Å². The summed E-state index contributed by atoms with van der Waals surface area (Å²) in [6.07, 6.45) is 3.97. The van der Waals surface area contributed by atoms with E-state index >= 15 is 0 Å². The van der Waals surface area contributed by atoms with Crippen molar-refractivity contribution in [1.82, 2.24) is 5.32 Å². The zero-order chi connectivity index (χ0) is 23.0. The number of nitrogens with zero attached hydrogens (tertiary/aromatic N) is 2. The van der Waals surface area contributed by atoms with E-state index in [0.29, 0.717) is 49.6 Å². The number of amidine groups is 1. The zero-order valence-electron chi connectivity index (χ0n) is 17.9. The van der Waals surface area contributed by atoms with Gasteiger partial charge in [0.05, 0.1) is 34.7 Å². The van der Waals surface area contributed by atoms with Gasteiger partial charge in [-0.15, -0.1) is 0 Å². The number of fused-ring (bicyclic) bond motifs is 1. The van der Waals surface area contributed by atoms with Gasteiger partial charge in [0.2, 0.25) is 0 Å². The average Bonchev–Trinajstić information content (AvgIpc) is 3.39. The van der Waals surface area contributed by atoms with E-state index in [9.17, 15) is 18.0 Å². The number of hydrogen-bond donors (Lipinski definition) is 1. The van der Waals surface area contributed by atoms with E-state index in [4.69, 9.17) is 9.57 Å². The van der Waals surface area contributed by atoms with Gasteiger partial charge in [-0.2, -0.15) is 0 Å². The average molecular weight is 492 g/mol. The van der Waals surface area contributed by atoms with Gasteiger partial charge in [0.1, 0.15) is 5.78 Å². The molecule has 3 atom stereocenters. The maximum absolute atomic E-state index is 13.1. The van der Waals surface area contributed by atoms with Crippen molar-refractivity contribution in [3.05, 3.63) is 29.8 Å². The number of carbonyl (C=O) groups is 2. The molecule has 3 fully saturated rings. The Balaban J connectivity index is 1.35. The second-order valence-corrected chi connectivity index (χ2v) is 12.0. The molecule has 0 spiro atoms. The fraction of sp³-hybridized carbons (Fsp3) is 0.545. The predicted octanol–water partition coefficient (Wildman–Crippen LogP) is 1.84. The highest BCUT2D eigenvalue weighted by Crippen LogP contribution is 2.35. The smallest absolute Gasteiger partial charge is 0.279 e. The number of hydrogen-bond acceptors (Lipinski definition) is 9. The van der Waals surface area contributed by atoms with Crippen LogP contribution in [0.2, 0.25) is 0 Å². The first kappa shape index (κ1) is 22.5. The van der Waals surface area contributed by atoms with Crippen LogP contribution in [0.25, 0.3) is 0 Å². The van der Waals surface area contributed by atoms with E-state index in [-0.39, 0.29) is 39.0 Å². The Bertz CT molecular complexity index is 1110. The summed E-state index contributed by atoms with van der Waals surface area (Å²) in [5.74, 6) is -0.362. The van der Waals surface area contributed by atoms with Gasteiger partial charge in [-0.25, -0.2) is 8.42 Å². The third-order valence-corrected chi connectivity index (χ3v) is 9.69. The highest BCUT2D eigenvalue weighted by Gasteiger charge is 2.39. The molecule has 5 rings (SSSR count). The monoisotopic (exact) mass is 491 g/mol. The van der Waals surface area contributed by atoms with Crippen LogP contribution in [0.5, 0.6) is 0 Å². The number of thioether (sulfide) groups is 1. The molecule has 1 aromatic carbocycles. The molecular weight excluding hydrogens is 466 g/mol. The lowest BCUT2D eigenvalue weighted by molar-refractivity contribution is -0.120. The van der Waals surface area contributed by atoms with E-state index in [2.05, 4.69) is 15.5 Å². The molecule has 1 N–H and O–H groups in total. The summed E-state index contributed by atoms with van der Waals surface area (Å²) in [7, 11) is -3.33. The normalized spacial score (nSPS) is 27.8. The maximum atomic E-state index is 13.1. The topological polar surface area (TPSA) is 123 Å². The summed E-state index contributed by atoms with van der Waals surface area (Å²) < 4.78 is 30.3. The fourth-order valence-corrected chi connectivity index (χ4v) is 6.96. The molecule has 176 valence electrons. The van der Waals surface area contributed by atoms with Gasteiger partial charge in [-0.05, 0) is 37.8 Å². The Labute approximate surface area is 196 Å². The number of nitrogens with one attached hydrogen (secondary N) is 1. The number of aliphatic imine (C=N–C) groups is 1. The predicted molar refractivity (Wildman–Crippen MR) is 123 cm³/mol. The molecule has 11 heteroatoms. The quantitative estimate of drug-likeness (QED) is 0.476. The van der Waals surface area contributed by atoms with Crippen LogP contribution in [0, 0.1) is 0 Å². The van der Waals surface area contributed by atoms with Gasteiger partial charge in [0.25, 0.3) is 5.91 Å². The first-order valence-corrected chi connectivity index (χ1v) is 13.6. The molecule has 2 saturated carbocycles. The van der Waals surface area contributed by atoms with Crippen molar-refractivity contribution >= 4 is 44.2 Å². The lowest BCUT2D eigenvalue weighted by atomic mass is 9.94. The second kappa shape index (κ2) is 9.19. The molecule has 9 nitrogen and oxygen atoms in total. The minimum atomic E-state index is -3.33. The summed E-state index contributed by atoms with van der Waals surface area (Å²) in [6, 6.07) is 6.02. The van der Waals surface area contributed by atoms with Crippen LogP contribution in [0.15, 0.2) is 39.3 Å². The molecule has 2 aliphatic carbocycles. The molecule has 0 aromatic heterocycles. The molecular formula is C22H25N3O6S2.